The second-order valence-electron chi connectivity index (χ2n) is 7.58. The molecule has 1 aromatic rings. The predicted octanol–water partition coefficient (Wildman–Crippen LogP) is 1.79. The van der Waals surface area contributed by atoms with Crippen LogP contribution in [0, 0.1) is 5.92 Å². The summed E-state index contributed by atoms with van der Waals surface area (Å²) in [5.41, 5.74) is 1.07. The van der Waals surface area contributed by atoms with E-state index < -0.39 is 0 Å². The predicted molar refractivity (Wildman–Crippen MR) is 106 cm³/mol. The zero-order valence-corrected chi connectivity index (χ0v) is 16.4. The van der Waals surface area contributed by atoms with Crippen LogP contribution in [0.5, 0.6) is 5.75 Å². The lowest BCUT2D eigenvalue weighted by atomic mass is 9.99. The summed E-state index contributed by atoms with van der Waals surface area (Å²) in [6, 6.07) is 8.61. The molecule has 3 rings (SSSR count). The number of hydrogen-bond donors (Lipinski definition) is 2. The first kappa shape index (κ1) is 20.1. The monoisotopic (exact) mass is 375 g/mol. The van der Waals surface area contributed by atoms with Crippen molar-refractivity contribution in [1.29, 1.82) is 0 Å². The average Bonchev–Trinajstić information content (AvgIpc) is 2.73. The first-order valence-electron chi connectivity index (χ1n) is 10.2. The average molecular weight is 376 g/mol. The Hall–Kier alpha value is -1.63. The maximum atomic E-state index is 12.3. The van der Waals surface area contributed by atoms with Crippen molar-refractivity contribution in [3.63, 3.8) is 0 Å². The van der Waals surface area contributed by atoms with Gasteiger partial charge in [0.2, 0.25) is 5.91 Å². The van der Waals surface area contributed by atoms with Crippen molar-refractivity contribution < 1.29 is 14.3 Å². The van der Waals surface area contributed by atoms with E-state index in [4.69, 9.17) is 9.47 Å². The van der Waals surface area contributed by atoms with Gasteiger partial charge in [-0.2, -0.15) is 0 Å². The van der Waals surface area contributed by atoms with Gasteiger partial charge in [0.1, 0.15) is 12.4 Å². The van der Waals surface area contributed by atoms with E-state index in [0.29, 0.717) is 19.2 Å². The number of nitrogens with zero attached hydrogens (tertiary/aromatic N) is 1. The van der Waals surface area contributed by atoms with Crippen LogP contribution >= 0.6 is 0 Å². The van der Waals surface area contributed by atoms with Crippen LogP contribution in [0.1, 0.15) is 31.2 Å². The Morgan fingerprint density at radius 2 is 2.19 bits per heavy atom. The van der Waals surface area contributed by atoms with E-state index in [2.05, 4.69) is 22.6 Å². The van der Waals surface area contributed by atoms with E-state index in [1.165, 1.54) is 0 Å². The number of carbonyl (C=O) groups is 1. The third-order valence-corrected chi connectivity index (χ3v) is 5.56. The smallest absolute Gasteiger partial charge is 0.224 e. The molecule has 1 aromatic carbocycles. The third-order valence-electron chi connectivity index (χ3n) is 5.56. The number of amides is 1. The highest BCUT2D eigenvalue weighted by Crippen LogP contribution is 2.16. The van der Waals surface area contributed by atoms with Crippen molar-refractivity contribution >= 4 is 5.91 Å². The van der Waals surface area contributed by atoms with Gasteiger partial charge in [-0.1, -0.05) is 12.1 Å². The summed E-state index contributed by atoms with van der Waals surface area (Å²) in [5, 5.41) is 6.35. The minimum Gasteiger partial charge on any atom is -0.492 e. The molecule has 2 heterocycles. The van der Waals surface area contributed by atoms with Gasteiger partial charge >= 0.3 is 0 Å². The Labute approximate surface area is 162 Å². The number of rotatable bonds is 8. The largest absolute Gasteiger partial charge is 0.492 e. The van der Waals surface area contributed by atoms with Crippen LogP contribution in [0.2, 0.25) is 0 Å². The number of nitrogens with one attached hydrogen (secondary N) is 2. The van der Waals surface area contributed by atoms with Crippen LogP contribution in [0.3, 0.4) is 0 Å². The molecule has 2 aliphatic rings. The van der Waals surface area contributed by atoms with Crippen LogP contribution in [-0.2, 0) is 16.1 Å². The number of piperidine rings is 1. The quantitative estimate of drug-likeness (QED) is 0.725. The molecule has 0 radical (unpaired) electrons. The summed E-state index contributed by atoms with van der Waals surface area (Å²) in [5.74, 6) is 1.10. The van der Waals surface area contributed by atoms with Gasteiger partial charge in [-0.15, -0.1) is 0 Å². The lowest BCUT2D eigenvalue weighted by molar-refractivity contribution is -0.125. The maximum Gasteiger partial charge on any atom is 0.224 e. The van der Waals surface area contributed by atoms with Crippen LogP contribution in [-0.4, -0.2) is 63.4 Å². The molecule has 1 amide bonds. The fourth-order valence-corrected chi connectivity index (χ4v) is 3.77. The maximum absolute atomic E-state index is 12.3. The van der Waals surface area contributed by atoms with Gasteiger partial charge in [-0.3, -0.25) is 9.69 Å². The lowest BCUT2D eigenvalue weighted by Gasteiger charge is -2.31. The fourth-order valence-electron chi connectivity index (χ4n) is 3.77. The molecule has 6 heteroatoms. The number of hydrogen-bond acceptors (Lipinski definition) is 5. The Morgan fingerprint density at radius 3 is 2.96 bits per heavy atom. The standard InChI is InChI=1S/C21H33N3O3/c1-24(19-7-11-26-12-8-19)10-13-27-20-6-2-4-17(14-20)15-23-21(25)18-5-3-9-22-16-18/h2,4,6,14,18-19,22H,3,5,7-13,15-16H2,1H3,(H,23,25). The van der Waals surface area contributed by atoms with Crippen molar-refractivity contribution in [3.05, 3.63) is 29.8 Å². The Balaban J connectivity index is 1.39. The molecule has 150 valence electrons. The molecule has 0 aromatic heterocycles. The highest BCUT2D eigenvalue weighted by molar-refractivity contribution is 5.78. The summed E-state index contributed by atoms with van der Waals surface area (Å²) in [4.78, 5) is 14.6. The Morgan fingerprint density at radius 1 is 1.33 bits per heavy atom. The number of likely N-dealkylation sites (N-methyl/N-ethyl adjacent to an activating group) is 1. The van der Waals surface area contributed by atoms with Gasteiger partial charge in [-0.05, 0) is 57.0 Å². The van der Waals surface area contributed by atoms with E-state index in [9.17, 15) is 4.79 Å². The molecule has 0 bridgehead atoms. The molecule has 0 aliphatic carbocycles. The minimum atomic E-state index is 0.0962. The van der Waals surface area contributed by atoms with E-state index in [0.717, 1.165) is 69.8 Å². The second-order valence-corrected chi connectivity index (χ2v) is 7.58. The summed E-state index contributed by atoms with van der Waals surface area (Å²) in [6.45, 7) is 5.65. The molecule has 0 saturated carbocycles. The van der Waals surface area contributed by atoms with Gasteiger partial charge in [0.25, 0.3) is 0 Å². The fraction of sp³-hybridized carbons (Fsp3) is 0.667. The first-order chi connectivity index (χ1) is 13.2. The van der Waals surface area contributed by atoms with Gasteiger partial charge in [-0.25, -0.2) is 0 Å². The zero-order valence-electron chi connectivity index (χ0n) is 16.4. The normalized spacial score (nSPS) is 21.2. The second kappa shape index (κ2) is 10.6. The van der Waals surface area contributed by atoms with Gasteiger partial charge < -0.3 is 20.1 Å². The third kappa shape index (κ3) is 6.48. The van der Waals surface area contributed by atoms with Gasteiger partial charge in [0, 0.05) is 38.9 Å². The van der Waals surface area contributed by atoms with Crippen LogP contribution in [0.15, 0.2) is 24.3 Å². The first-order valence-corrected chi connectivity index (χ1v) is 10.2. The van der Waals surface area contributed by atoms with E-state index in [1.54, 1.807) is 0 Å². The molecular weight excluding hydrogens is 342 g/mol. The highest BCUT2D eigenvalue weighted by Gasteiger charge is 2.20. The Kier molecular flexibility index (Phi) is 7.93. The lowest BCUT2D eigenvalue weighted by Crippen LogP contribution is -2.40. The van der Waals surface area contributed by atoms with Gasteiger partial charge in [0.05, 0.1) is 5.92 Å². The Bertz CT molecular complexity index is 584. The number of carbonyl (C=O) groups excluding carboxylic acids is 1. The zero-order chi connectivity index (χ0) is 18.9. The molecule has 2 aliphatic heterocycles. The number of ether oxygens (including phenoxy) is 2. The number of benzene rings is 1. The summed E-state index contributed by atoms with van der Waals surface area (Å²) < 4.78 is 11.4. The van der Waals surface area contributed by atoms with Crippen molar-refractivity contribution in [2.75, 3.05) is 46.5 Å². The highest BCUT2D eigenvalue weighted by atomic mass is 16.5. The van der Waals surface area contributed by atoms with Crippen LogP contribution in [0.4, 0.5) is 0 Å². The molecule has 1 atom stereocenters. The van der Waals surface area contributed by atoms with Crippen molar-refractivity contribution in [2.24, 2.45) is 5.92 Å². The summed E-state index contributed by atoms with van der Waals surface area (Å²) >= 11 is 0. The molecule has 2 fully saturated rings. The van der Waals surface area contributed by atoms with E-state index >= 15 is 0 Å². The molecule has 27 heavy (non-hydrogen) atoms. The SMILES string of the molecule is CN(CCOc1cccc(CNC(=O)C2CCCNC2)c1)C1CCOCC1. The van der Waals surface area contributed by atoms with Crippen molar-refractivity contribution in [2.45, 2.75) is 38.3 Å². The topological polar surface area (TPSA) is 62.8 Å². The van der Waals surface area contributed by atoms with E-state index in [1.807, 2.05) is 24.3 Å². The molecular formula is C21H33N3O3. The van der Waals surface area contributed by atoms with Crippen LogP contribution in [0.25, 0.3) is 0 Å². The summed E-state index contributed by atoms with van der Waals surface area (Å²) in [7, 11) is 2.16. The summed E-state index contributed by atoms with van der Waals surface area (Å²) in [6.07, 6.45) is 4.25. The van der Waals surface area contributed by atoms with Gasteiger partial charge in [0.15, 0.2) is 0 Å². The molecule has 2 saturated heterocycles. The van der Waals surface area contributed by atoms with Crippen molar-refractivity contribution in [1.82, 2.24) is 15.5 Å². The minimum absolute atomic E-state index is 0.0962. The van der Waals surface area contributed by atoms with Crippen LogP contribution < -0.4 is 15.4 Å². The molecule has 6 nitrogen and oxygen atoms in total. The van der Waals surface area contributed by atoms with E-state index in [-0.39, 0.29) is 11.8 Å². The molecule has 2 N–H and O–H groups in total. The molecule has 1 unspecified atom stereocenters. The molecule has 0 spiro atoms. The van der Waals surface area contributed by atoms with Crippen molar-refractivity contribution in [3.8, 4) is 5.75 Å².